The van der Waals surface area contributed by atoms with E-state index in [1.54, 1.807) is 0 Å². The topological polar surface area (TPSA) is 27.1 Å². The Morgan fingerprint density at radius 1 is 1.45 bits per heavy atom. The summed E-state index contributed by atoms with van der Waals surface area (Å²) in [4.78, 5) is 4.66. The first kappa shape index (κ1) is 13.9. The Balaban J connectivity index is 1.98. The third-order valence-corrected chi connectivity index (χ3v) is 4.51. The van der Waals surface area contributed by atoms with Crippen molar-refractivity contribution in [3.63, 3.8) is 0 Å². The van der Waals surface area contributed by atoms with Crippen molar-refractivity contribution in [3.8, 4) is 0 Å². The lowest BCUT2D eigenvalue weighted by Gasteiger charge is -2.19. The second kappa shape index (κ2) is 5.74. The zero-order valence-corrected chi connectivity index (χ0v) is 12.9. The van der Waals surface area contributed by atoms with Gasteiger partial charge in [0.05, 0.1) is 23.0 Å². The first-order valence-corrected chi connectivity index (χ1v) is 7.89. The van der Waals surface area contributed by atoms with E-state index in [0.717, 1.165) is 37.3 Å². The molecule has 2 heterocycles. The molecule has 3 nitrogen and oxygen atoms in total. The molecule has 1 aliphatic heterocycles. The zero-order valence-electron chi connectivity index (χ0n) is 12.1. The minimum atomic E-state index is 0.375. The fraction of sp³-hybridized carbons (Fsp3) is 0.562. The molecule has 0 amide bonds. The maximum absolute atomic E-state index is 6.08. The number of fused-ring (bicyclic) bond motifs is 1. The van der Waals surface area contributed by atoms with Crippen LogP contribution < -0.4 is 0 Å². The maximum atomic E-state index is 6.08. The van der Waals surface area contributed by atoms with Crippen LogP contribution in [0, 0.1) is 12.8 Å². The minimum absolute atomic E-state index is 0.375. The molecule has 108 valence electrons. The summed E-state index contributed by atoms with van der Waals surface area (Å²) in [6.07, 6.45) is 2.58. The summed E-state index contributed by atoms with van der Waals surface area (Å²) in [5.74, 6) is 1.99. The van der Waals surface area contributed by atoms with Gasteiger partial charge in [-0.2, -0.15) is 0 Å². The van der Waals surface area contributed by atoms with Crippen LogP contribution in [0.25, 0.3) is 11.0 Å². The first-order chi connectivity index (χ1) is 9.72. The normalized spacial score (nSPS) is 22.8. The Bertz CT molecular complexity index is 608. The third kappa shape index (κ3) is 2.45. The van der Waals surface area contributed by atoms with Crippen LogP contribution in [-0.4, -0.2) is 22.3 Å². The van der Waals surface area contributed by atoms with Crippen LogP contribution in [0.2, 0.25) is 0 Å². The lowest BCUT2D eigenvalue weighted by atomic mass is 9.99. The highest BCUT2D eigenvalue weighted by Gasteiger charge is 2.28. The summed E-state index contributed by atoms with van der Waals surface area (Å²) in [6.45, 7) is 6.15. The van der Waals surface area contributed by atoms with Gasteiger partial charge < -0.3 is 9.30 Å². The van der Waals surface area contributed by atoms with Crippen LogP contribution in [-0.2, 0) is 17.2 Å². The van der Waals surface area contributed by atoms with Gasteiger partial charge in [0, 0.05) is 19.1 Å². The molecule has 1 saturated heterocycles. The third-order valence-electron chi connectivity index (χ3n) is 4.27. The molecule has 0 aliphatic carbocycles. The van der Waals surface area contributed by atoms with Gasteiger partial charge in [-0.15, -0.1) is 11.6 Å². The van der Waals surface area contributed by atoms with Gasteiger partial charge in [-0.3, -0.25) is 0 Å². The number of aryl methyl sites for hydroxylation is 1. The van der Waals surface area contributed by atoms with Gasteiger partial charge in [-0.25, -0.2) is 4.98 Å². The number of benzene rings is 1. The predicted octanol–water partition coefficient (Wildman–Crippen LogP) is 3.90. The van der Waals surface area contributed by atoms with Crippen LogP contribution in [0.1, 0.15) is 31.2 Å². The van der Waals surface area contributed by atoms with Crippen molar-refractivity contribution in [1.82, 2.24) is 9.55 Å². The zero-order chi connectivity index (χ0) is 14.1. The molecule has 1 aromatic carbocycles. The summed E-state index contributed by atoms with van der Waals surface area (Å²) >= 11 is 6.08. The van der Waals surface area contributed by atoms with Gasteiger partial charge in [-0.05, 0) is 37.5 Å². The summed E-state index contributed by atoms with van der Waals surface area (Å²) in [6, 6.07) is 6.39. The van der Waals surface area contributed by atoms with Crippen LogP contribution >= 0.6 is 11.6 Å². The number of nitrogens with zero attached hydrogens (tertiary/aromatic N) is 2. The van der Waals surface area contributed by atoms with Crippen molar-refractivity contribution in [3.05, 3.63) is 29.6 Å². The van der Waals surface area contributed by atoms with Crippen molar-refractivity contribution in [2.24, 2.45) is 5.92 Å². The molecule has 0 bridgehead atoms. The van der Waals surface area contributed by atoms with Gasteiger partial charge in [0.25, 0.3) is 0 Å². The van der Waals surface area contributed by atoms with E-state index in [4.69, 9.17) is 16.3 Å². The minimum Gasteiger partial charge on any atom is -0.378 e. The molecule has 0 radical (unpaired) electrons. The van der Waals surface area contributed by atoms with Crippen LogP contribution in [0.15, 0.2) is 18.2 Å². The van der Waals surface area contributed by atoms with Crippen molar-refractivity contribution >= 4 is 22.6 Å². The molecular weight excluding hydrogens is 272 g/mol. The van der Waals surface area contributed by atoms with Crippen molar-refractivity contribution in [2.45, 2.75) is 45.2 Å². The quantitative estimate of drug-likeness (QED) is 0.799. The number of hydrogen-bond acceptors (Lipinski definition) is 2. The van der Waals surface area contributed by atoms with Gasteiger partial charge in [0.2, 0.25) is 0 Å². The molecule has 0 spiro atoms. The molecule has 1 fully saturated rings. The maximum Gasteiger partial charge on any atom is 0.124 e. The number of hydrogen-bond donors (Lipinski definition) is 0. The van der Waals surface area contributed by atoms with Crippen LogP contribution in [0.5, 0.6) is 0 Å². The molecule has 20 heavy (non-hydrogen) atoms. The van der Waals surface area contributed by atoms with Gasteiger partial charge in [0.1, 0.15) is 5.82 Å². The van der Waals surface area contributed by atoms with Crippen molar-refractivity contribution in [2.75, 3.05) is 6.61 Å². The monoisotopic (exact) mass is 292 g/mol. The van der Waals surface area contributed by atoms with E-state index < -0.39 is 0 Å². The molecule has 0 saturated carbocycles. The Labute approximate surface area is 124 Å². The molecule has 0 N–H and O–H groups in total. The molecule has 1 aromatic heterocycles. The van der Waals surface area contributed by atoms with E-state index in [-0.39, 0.29) is 0 Å². The smallest absolute Gasteiger partial charge is 0.124 e. The van der Waals surface area contributed by atoms with E-state index in [9.17, 15) is 0 Å². The van der Waals surface area contributed by atoms with Crippen LogP contribution in [0.4, 0.5) is 0 Å². The fourth-order valence-electron chi connectivity index (χ4n) is 3.18. The molecule has 2 atom stereocenters. The number of ether oxygens (including phenoxy) is 1. The Morgan fingerprint density at radius 2 is 2.30 bits per heavy atom. The average molecular weight is 293 g/mol. The van der Waals surface area contributed by atoms with E-state index in [2.05, 4.69) is 41.6 Å². The highest BCUT2D eigenvalue weighted by atomic mass is 35.5. The number of aromatic nitrogens is 2. The summed E-state index contributed by atoms with van der Waals surface area (Å²) in [5.41, 5.74) is 3.50. The van der Waals surface area contributed by atoms with Crippen molar-refractivity contribution in [1.29, 1.82) is 0 Å². The van der Waals surface area contributed by atoms with Gasteiger partial charge >= 0.3 is 0 Å². The number of rotatable bonds is 4. The Morgan fingerprint density at radius 3 is 3.05 bits per heavy atom. The van der Waals surface area contributed by atoms with Gasteiger partial charge in [-0.1, -0.05) is 13.0 Å². The second-order valence-corrected chi connectivity index (χ2v) is 5.90. The average Bonchev–Trinajstić information content (AvgIpc) is 3.04. The standard InChI is InChI=1S/C16H21ClN2O/c1-3-15-12(6-7-20-15)10-19-14-8-11(2)4-5-13(14)18-16(19)9-17/h4-5,8,12,15H,3,6-7,9-10H2,1-2H3. The number of imidazole rings is 1. The van der Waals surface area contributed by atoms with Gasteiger partial charge in [0.15, 0.2) is 0 Å². The van der Waals surface area contributed by atoms with E-state index in [0.29, 0.717) is 17.9 Å². The highest BCUT2D eigenvalue weighted by molar-refractivity contribution is 6.16. The Kier molecular flexibility index (Phi) is 3.99. The Hall–Kier alpha value is -1.06. The second-order valence-electron chi connectivity index (χ2n) is 5.63. The molecule has 2 aromatic rings. The predicted molar refractivity (Wildman–Crippen MR) is 82.2 cm³/mol. The fourth-order valence-corrected chi connectivity index (χ4v) is 3.38. The largest absolute Gasteiger partial charge is 0.378 e. The molecule has 3 rings (SSSR count). The molecule has 2 unspecified atom stereocenters. The molecule has 4 heteroatoms. The van der Waals surface area contributed by atoms with Crippen LogP contribution in [0.3, 0.4) is 0 Å². The SMILES string of the molecule is CCC1OCCC1Cn1c(CCl)nc2ccc(C)cc21. The highest BCUT2D eigenvalue weighted by Crippen LogP contribution is 2.28. The van der Waals surface area contributed by atoms with E-state index >= 15 is 0 Å². The summed E-state index contributed by atoms with van der Waals surface area (Å²) in [5, 5.41) is 0. The van der Waals surface area contributed by atoms with Crippen molar-refractivity contribution < 1.29 is 4.74 Å². The number of alkyl halides is 1. The summed E-state index contributed by atoms with van der Waals surface area (Å²) in [7, 11) is 0. The molecular formula is C16H21ClN2O. The first-order valence-electron chi connectivity index (χ1n) is 7.36. The molecule has 1 aliphatic rings. The number of halogens is 1. The van der Waals surface area contributed by atoms with E-state index in [1.807, 2.05) is 0 Å². The van der Waals surface area contributed by atoms with E-state index in [1.165, 1.54) is 11.1 Å². The lowest BCUT2D eigenvalue weighted by Crippen LogP contribution is -2.21. The summed E-state index contributed by atoms with van der Waals surface area (Å²) < 4.78 is 8.10. The lowest BCUT2D eigenvalue weighted by molar-refractivity contribution is 0.0836.